The van der Waals surface area contributed by atoms with Crippen LogP contribution in [0.4, 0.5) is 8.78 Å². The number of rotatable bonds is 1. The summed E-state index contributed by atoms with van der Waals surface area (Å²) >= 11 is 0. The van der Waals surface area contributed by atoms with E-state index in [1.54, 1.807) is 0 Å². The molecule has 0 bridgehead atoms. The summed E-state index contributed by atoms with van der Waals surface area (Å²) in [6, 6.07) is 2.67. The number of aromatic amines is 1. The molecule has 0 saturated heterocycles. The van der Waals surface area contributed by atoms with Crippen LogP contribution in [0.1, 0.15) is 0 Å². The van der Waals surface area contributed by atoms with Crippen molar-refractivity contribution in [3.05, 3.63) is 50.9 Å². The van der Waals surface area contributed by atoms with Crippen LogP contribution in [0.2, 0.25) is 0 Å². The smallest absolute Gasteiger partial charge is 0.312 e. The lowest BCUT2D eigenvalue weighted by molar-refractivity contribution is 0.313. The summed E-state index contributed by atoms with van der Waals surface area (Å²) in [6.45, 7) is 0. The summed E-state index contributed by atoms with van der Waals surface area (Å²) in [5.74, 6) is -3.15. The highest BCUT2D eigenvalue weighted by Gasteiger charge is 2.08. The van der Waals surface area contributed by atoms with E-state index in [0.29, 0.717) is 4.74 Å². The molecule has 0 unspecified atom stereocenters. The standard InChI is InChI=1S/C8H4F2N2O3/c9-5-2-1-4(3-6(5)10)12-7(13)11-8(14)15-12/h1-3H,(H,11,13,14). The first-order valence-electron chi connectivity index (χ1n) is 3.86. The van der Waals surface area contributed by atoms with Gasteiger partial charge in [-0.05, 0) is 12.1 Å². The highest BCUT2D eigenvalue weighted by molar-refractivity contribution is 5.30. The van der Waals surface area contributed by atoms with Crippen LogP contribution in [0.5, 0.6) is 0 Å². The molecule has 0 spiro atoms. The summed E-state index contributed by atoms with van der Waals surface area (Å²) in [4.78, 5) is 23.5. The zero-order valence-corrected chi connectivity index (χ0v) is 7.16. The first-order chi connectivity index (χ1) is 7.08. The van der Waals surface area contributed by atoms with E-state index < -0.39 is 23.1 Å². The van der Waals surface area contributed by atoms with Crippen LogP contribution in [0.3, 0.4) is 0 Å². The van der Waals surface area contributed by atoms with E-state index in [1.165, 1.54) is 0 Å². The van der Waals surface area contributed by atoms with Crippen LogP contribution >= 0.6 is 0 Å². The van der Waals surface area contributed by atoms with E-state index in [1.807, 2.05) is 4.98 Å². The molecule has 2 aromatic rings. The highest BCUT2D eigenvalue weighted by Crippen LogP contribution is 2.10. The van der Waals surface area contributed by atoms with Crippen molar-refractivity contribution in [1.82, 2.24) is 9.72 Å². The SMILES string of the molecule is O=c1[nH]c(=O)n(-c2ccc(F)c(F)c2)o1. The molecule has 5 nitrogen and oxygen atoms in total. The number of H-pyrrole nitrogens is 1. The van der Waals surface area contributed by atoms with Crippen LogP contribution in [0.15, 0.2) is 32.3 Å². The molecule has 0 radical (unpaired) electrons. The molecular weight excluding hydrogens is 210 g/mol. The van der Waals surface area contributed by atoms with Crippen molar-refractivity contribution in [3.63, 3.8) is 0 Å². The number of hydrogen-bond acceptors (Lipinski definition) is 3. The van der Waals surface area contributed by atoms with E-state index in [9.17, 15) is 18.4 Å². The molecule has 0 saturated carbocycles. The number of hydrogen-bond donors (Lipinski definition) is 1. The van der Waals surface area contributed by atoms with Gasteiger partial charge in [-0.25, -0.2) is 23.4 Å². The van der Waals surface area contributed by atoms with Crippen LogP contribution in [0, 0.1) is 11.6 Å². The number of aromatic nitrogens is 2. The van der Waals surface area contributed by atoms with Crippen LogP contribution in [-0.4, -0.2) is 9.72 Å². The molecule has 0 aliphatic carbocycles. The lowest BCUT2D eigenvalue weighted by Crippen LogP contribution is -2.15. The van der Waals surface area contributed by atoms with Gasteiger partial charge in [-0.1, -0.05) is 0 Å². The second-order valence-electron chi connectivity index (χ2n) is 2.70. The molecule has 0 aliphatic rings. The van der Waals surface area contributed by atoms with Gasteiger partial charge in [-0.2, -0.15) is 0 Å². The summed E-state index contributed by atoms with van der Waals surface area (Å²) in [5, 5.41) is 0. The van der Waals surface area contributed by atoms with Gasteiger partial charge in [-0.15, -0.1) is 4.74 Å². The van der Waals surface area contributed by atoms with Crippen molar-refractivity contribution in [2.45, 2.75) is 0 Å². The topological polar surface area (TPSA) is 68.0 Å². The number of nitrogens with one attached hydrogen (secondary N) is 1. The molecule has 0 aliphatic heterocycles. The second-order valence-corrected chi connectivity index (χ2v) is 2.70. The van der Waals surface area contributed by atoms with Gasteiger partial charge in [0, 0.05) is 6.07 Å². The van der Waals surface area contributed by atoms with Gasteiger partial charge < -0.3 is 4.52 Å². The van der Waals surface area contributed by atoms with Crippen molar-refractivity contribution in [1.29, 1.82) is 0 Å². The third kappa shape index (κ3) is 1.58. The maximum absolute atomic E-state index is 12.8. The summed E-state index contributed by atoms with van der Waals surface area (Å²) in [7, 11) is 0. The molecule has 0 amide bonds. The van der Waals surface area contributed by atoms with Gasteiger partial charge in [0.05, 0.1) is 5.69 Å². The Hall–Kier alpha value is -2.18. The van der Waals surface area contributed by atoms with Crippen molar-refractivity contribution < 1.29 is 13.3 Å². The number of benzene rings is 1. The van der Waals surface area contributed by atoms with E-state index in [4.69, 9.17) is 0 Å². The Balaban J connectivity index is 2.64. The van der Waals surface area contributed by atoms with E-state index in [0.717, 1.165) is 18.2 Å². The Kier molecular flexibility index (Phi) is 2.00. The van der Waals surface area contributed by atoms with Gasteiger partial charge >= 0.3 is 11.4 Å². The maximum Gasteiger partial charge on any atom is 0.440 e. The minimum absolute atomic E-state index is 0.0720. The van der Waals surface area contributed by atoms with Crippen molar-refractivity contribution >= 4 is 0 Å². The van der Waals surface area contributed by atoms with E-state index >= 15 is 0 Å². The molecule has 1 aromatic carbocycles. The van der Waals surface area contributed by atoms with Crippen molar-refractivity contribution in [2.24, 2.45) is 0 Å². The predicted octanol–water partition coefficient (Wildman–Crippen LogP) is 0.397. The zero-order valence-electron chi connectivity index (χ0n) is 7.16. The third-order valence-electron chi connectivity index (χ3n) is 1.71. The van der Waals surface area contributed by atoms with E-state index in [2.05, 4.69) is 4.52 Å². The average molecular weight is 214 g/mol. The maximum atomic E-state index is 12.8. The molecule has 1 aromatic heterocycles. The zero-order chi connectivity index (χ0) is 11.0. The van der Waals surface area contributed by atoms with Gasteiger partial charge in [0.1, 0.15) is 0 Å². The molecule has 7 heteroatoms. The van der Waals surface area contributed by atoms with Gasteiger partial charge in [0.2, 0.25) is 0 Å². The first-order valence-corrected chi connectivity index (χ1v) is 3.86. The Morgan fingerprint density at radius 1 is 1.20 bits per heavy atom. The van der Waals surface area contributed by atoms with E-state index in [-0.39, 0.29) is 5.69 Å². The summed E-state index contributed by atoms with van der Waals surface area (Å²) in [5.41, 5.74) is -0.928. The monoisotopic (exact) mass is 214 g/mol. The summed E-state index contributed by atoms with van der Waals surface area (Å²) in [6.07, 6.45) is 0. The second kappa shape index (κ2) is 3.19. The molecule has 0 fully saturated rings. The lowest BCUT2D eigenvalue weighted by atomic mass is 10.3. The number of halogens is 2. The Labute approximate surface area is 80.5 Å². The summed E-state index contributed by atoms with van der Waals surface area (Å²) < 4.78 is 30.3. The molecular formula is C8H4F2N2O3. The average Bonchev–Trinajstić information content (AvgIpc) is 2.50. The van der Waals surface area contributed by atoms with Gasteiger partial charge in [0.25, 0.3) is 0 Å². The Bertz CT molecular complexity index is 611. The minimum atomic E-state index is -1.14. The number of nitrogens with zero attached hydrogens (tertiary/aromatic N) is 1. The molecule has 0 atom stereocenters. The fourth-order valence-corrected chi connectivity index (χ4v) is 1.07. The molecule has 1 heterocycles. The van der Waals surface area contributed by atoms with Gasteiger partial charge in [-0.3, -0.25) is 0 Å². The fourth-order valence-electron chi connectivity index (χ4n) is 1.07. The van der Waals surface area contributed by atoms with Crippen molar-refractivity contribution in [3.8, 4) is 5.69 Å². The predicted molar refractivity (Wildman–Crippen MR) is 44.8 cm³/mol. The van der Waals surface area contributed by atoms with Crippen LogP contribution < -0.4 is 11.4 Å². The molecule has 2 rings (SSSR count). The van der Waals surface area contributed by atoms with Crippen LogP contribution in [-0.2, 0) is 0 Å². The molecule has 15 heavy (non-hydrogen) atoms. The minimum Gasteiger partial charge on any atom is -0.312 e. The Morgan fingerprint density at radius 2 is 1.93 bits per heavy atom. The fraction of sp³-hybridized carbons (Fsp3) is 0. The largest absolute Gasteiger partial charge is 0.440 e. The quantitative estimate of drug-likeness (QED) is 0.746. The molecule has 78 valence electrons. The van der Waals surface area contributed by atoms with Gasteiger partial charge in [0.15, 0.2) is 11.6 Å². The third-order valence-corrected chi connectivity index (χ3v) is 1.71. The normalized spacial score (nSPS) is 10.5. The first kappa shape index (κ1) is 9.38. The molecule has 1 N–H and O–H groups in total. The Morgan fingerprint density at radius 3 is 2.47 bits per heavy atom. The van der Waals surface area contributed by atoms with Crippen LogP contribution in [0.25, 0.3) is 5.69 Å². The lowest BCUT2D eigenvalue weighted by Gasteiger charge is -1.98. The van der Waals surface area contributed by atoms with Crippen molar-refractivity contribution in [2.75, 3.05) is 0 Å². The highest BCUT2D eigenvalue weighted by atomic mass is 19.2.